The highest BCUT2D eigenvalue weighted by Crippen LogP contribution is 2.51. The van der Waals surface area contributed by atoms with Gasteiger partial charge in [0.25, 0.3) is 0 Å². The number of benzene rings is 5. The zero-order valence-electron chi connectivity index (χ0n) is 17.8. The average Bonchev–Trinajstić information content (AvgIpc) is 3.39. The summed E-state index contributed by atoms with van der Waals surface area (Å²) >= 11 is 3.71. The molecule has 0 aliphatic heterocycles. The Morgan fingerprint density at radius 1 is 0.515 bits per heavy atom. The quantitative estimate of drug-likeness (QED) is 0.237. The van der Waals surface area contributed by atoms with Crippen LogP contribution in [0.3, 0.4) is 0 Å². The number of para-hydroxylation sites is 2. The van der Waals surface area contributed by atoms with Crippen LogP contribution in [0.15, 0.2) is 118 Å². The standard InChI is InChI=1S/C31H19BrO/c32-19-16-17-22-20-8-1-3-11-24(20)30(28(22)18-19)25-12-4-2-9-21(25)26-13-7-14-27-23-10-5-6-15-29(23)33-31(26)27/h1-18,30H. The second-order valence-electron chi connectivity index (χ2n) is 8.62. The lowest BCUT2D eigenvalue weighted by Crippen LogP contribution is -2.02. The van der Waals surface area contributed by atoms with Gasteiger partial charge in [-0.25, -0.2) is 0 Å². The van der Waals surface area contributed by atoms with Gasteiger partial charge < -0.3 is 4.42 Å². The summed E-state index contributed by atoms with van der Waals surface area (Å²) in [6, 6.07) is 39.0. The van der Waals surface area contributed by atoms with Crippen LogP contribution in [0.5, 0.6) is 0 Å². The van der Waals surface area contributed by atoms with Crippen molar-refractivity contribution in [3.8, 4) is 22.3 Å². The molecule has 0 N–H and O–H groups in total. The van der Waals surface area contributed by atoms with Crippen LogP contribution < -0.4 is 0 Å². The van der Waals surface area contributed by atoms with E-state index in [1.54, 1.807) is 0 Å². The van der Waals surface area contributed by atoms with Gasteiger partial charge in [0.15, 0.2) is 0 Å². The third-order valence-corrected chi connectivity index (χ3v) is 7.35. The van der Waals surface area contributed by atoms with E-state index in [9.17, 15) is 0 Å². The Bertz CT molecular complexity index is 1690. The molecular formula is C31H19BrO. The zero-order chi connectivity index (χ0) is 21.9. The monoisotopic (exact) mass is 486 g/mol. The third-order valence-electron chi connectivity index (χ3n) is 6.85. The van der Waals surface area contributed by atoms with Crippen molar-refractivity contribution >= 4 is 37.9 Å². The second kappa shape index (κ2) is 7.19. The molecule has 6 aromatic rings. The van der Waals surface area contributed by atoms with Crippen molar-refractivity contribution in [2.45, 2.75) is 5.92 Å². The maximum absolute atomic E-state index is 6.41. The number of hydrogen-bond donors (Lipinski definition) is 0. The van der Waals surface area contributed by atoms with Crippen molar-refractivity contribution in [2.75, 3.05) is 0 Å². The molecule has 0 radical (unpaired) electrons. The summed E-state index contributed by atoms with van der Waals surface area (Å²) in [6.07, 6.45) is 0. The highest BCUT2D eigenvalue weighted by atomic mass is 79.9. The summed E-state index contributed by atoms with van der Waals surface area (Å²) in [6.45, 7) is 0. The fourth-order valence-corrected chi connectivity index (χ4v) is 5.85. The fraction of sp³-hybridized carbons (Fsp3) is 0.0323. The first-order valence-corrected chi connectivity index (χ1v) is 12.0. The van der Waals surface area contributed by atoms with Crippen LogP contribution in [0.25, 0.3) is 44.2 Å². The van der Waals surface area contributed by atoms with E-state index in [4.69, 9.17) is 4.42 Å². The molecule has 1 aliphatic carbocycles. The Hall–Kier alpha value is -3.62. The van der Waals surface area contributed by atoms with Crippen LogP contribution in [-0.4, -0.2) is 0 Å². The normalized spacial score (nSPS) is 14.5. The third kappa shape index (κ3) is 2.77. The summed E-state index contributed by atoms with van der Waals surface area (Å²) < 4.78 is 7.51. The minimum absolute atomic E-state index is 0.171. The van der Waals surface area contributed by atoms with E-state index in [-0.39, 0.29) is 5.92 Å². The molecule has 1 heterocycles. The lowest BCUT2D eigenvalue weighted by molar-refractivity contribution is 0.670. The molecule has 1 aromatic heterocycles. The Morgan fingerprint density at radius 2 is 1.12 bits per heavy atom. The van der Waals surface area contributed by atoms with Crippen LogP contribution >= 0.6 is 15.9 Å². The molecule has 0 spiro atoms. The van der Waals surface area contributed by atoms with Crippen LogP contribution in [0, 0.1) is 0 Å². The van der Waals surface area contributed by atoms with E-state index >= 15 is 0 Å². The first-order chi connectivity index (χ1) is 16.3. The molecule has 156 valence electrons. The Labute approximate surface area is 200 Å². The average molecular weight is 487 g/mol. The fourth-order valence-electron chi connectivity index (χ4n) is 5.47. The summed E-state index contributed by atoms with van der Waals surface area (Å²) in [7, 11) is 0. The summed E-state index contributed by atoms with van der Waals surface area (Å²) in [5.41, 5.74) is 10.9. The van der Waals surface area contributed by atoms with Gasteiger partial charge in [0, 0.05) is 26.7 Å². The topological polar surface area (TPSA) is 13.1 Å². The molecule has 1 aliphatic rings. The van der Waals surface area contributed by atoms with E-state index in [2.05, 4.69) is 113 Å². The number of fused-ring (bicyclic) bond motifs is 6. The van der Waals surface area contributed by atoms with Gasteiger partial charge in [-0.15, -0.1) is 0 Å². The van der Waals surface area contributed by atoms with Crippen molar-refractivity contribution < 1.29 is 4.42 Å². The van der Waals surface area contributed by atoms with E-state index in [1.807, 2.05) is 12.1 Å². The second-order valence-corrected chi connectivity index (χ2v) is 9.54. The highest BCUT2D eigenvalue weighted by Gasteiger charge is 2.31. The number of hydrogen-bond acceptors (Lipinski definition) is 1. The van der Waals surface area contributed by atoms with Gasteiger partial charge in [0.2, 0.25) is 0 Å². The lowest BCUT2D eigenvalue weighted by Gasteiger charge is -2.19. The van der Waals surface area contributed by atoms with Crippen molar-refractivity contribution in [3.63, 3.8) is 0 Å². The molecule has 0 bridgehead atoms. The molecular weight excluding hydrogens is 468 g/mol. The van der Waals surface area contributed by atoms with Crippen LogP contribution in [0.1, 0.15) is 22.6 Å². The molecule has 0 saturated heterocycles. The van der Waals surface area contributed by atoms with Crippen molar-refractivity contribution in [3.05, 3.63) is 130 Å². The number of rotatable bonds is 2. The molecule has 1 atom stereocenters. The summed E-state index contributed by atoms with van der Waals surface area (Å²) in [5.74, 6) is 0.171. The molecule has 1 unspecified atom stereocenters. The molecule has 7 rings (SSSR count). The van der Waals surface area contributed by atoms with Gasteiger partial charge in [0.1, 0.15) is 11.2 Å². The molecule has 2 heteroatoms. The van der Waals surface area contributed by atoms with Gasteiger partial charge in [0.05, 0.1) is 0 Å². The first-order valence-electron chi connectivity index (χ1n) is 11.2. The van der Waals surface area contributed by atoms with Crippen LogP contribution in [0.4, 0.5) is 0 Å². The predicted octanol–water partition coefficient (Wildman–Crippen LogP) is 9.18. The van der Waals surface area contributed by atoms with Crippen molar-refractivity contribution in [2.24, 2.45) is 0 Å². The zero-order valence-corrected chi connectivity index (χ0v) is 19.3. The number of halogens is 1. The summed E-state index contributed by atoms with van der Waals surface area (Å²) in [5, 5.41) is 2.32. The predicted molar refractivity (Wildman–Crippen MR) is 140 cm³/mol. The number of furan rings is 1. The van der Waals surface area contributed by atoms with E-state index < -0.39 is 0 Å². The maximum Gasteiger partial charge on any atom is 0.143 e. The Kier molecular flexibility index (Phi) is 4.12. The van der Waals surface area contributed by atoms with Crippen molar-refractivity contribution in [1.29, 1.82) is 0 Å². The minimum Gasteiger partial charge on any atom is -0.455 e. The van der Waals surface area contributed by atoms with Gasteiger partial charge in [-0.05, 0) is 51.6 Å². The van der Waals surface area contributed by atoms with Crippen LogP contribution in [0.2, 0.25) is 0 Å². The SMILES string of the molecule is Brc1ccc2c(c1)C(c1ccccc1-c1cccc3c1oc1ccccc13)c1ccccc1-2. The Morgan fingerprint density at radius 3 is 1.94 bits per heavy atom. The smallest absolute Gasteiger partial charge is 0.143 e. The van der Waals surface area contributed by atoms with Gasteiger partial charge >= 0.3 is 0 Å². The van der Waals surface area contributed by atoms with Gasteiger partial charge in [-0.1, -0.05) is 107 Å². The lowest BCUT2D eigenvalue weighted by atomic mass is 9.84. The molecule has 1 nitrogen and oxygen atoms in total. The first kappa shape index (κ1) is 18.9. The molecule has 33 heavy (non-hydrogen) atoms. The molecule has 0 fully saturated rings. The molecule has 0 saturated carbocycles. The molecule has 0 amide bonds. The highest BCUT2D eigenvalue weighted by molar-refractivity contribution is 9.10. The van der Waals surface area contributed by atoms with Gasteiger partial charge in [-0.2, -0.15) is 0 Å². The van der Waals surface area contributed by atoms with E-state index in [1.165, 1.54) is 33.4 Å². The van der Waals surface area contributed by atoms with Crippen molar-refractivity contribution in [1.82, 2.24) is 0 Å². The summed E-state index contributed by atoms with van der Waals surface area (Å²) in [4.78, 5) is 0. The minimum atomic E-state index is 0.171. The molecule has 5 aromatic carbocycles. The van der Waals surface area contributed by atoms with E-state index in [0.29, 0.717) is 0 Å². The Balaban J connectivity index is 1.52. The maximum atomic E-state index is 6.41. The van der Waals surface area contributed by atoms with Gasteiger partial charge in [-0.3, -0.25) is 0 Å². The van der Waals surface area contributed by atoms with E-state index in [0.717, 1.165) is 32.0 Å². The van der Waals surface area contributed by atoms with Crippen LogP contribution in [-0.2, 0) is 0 Å². The largest absolute Gasteiger partial charge is 0.455 e.